The largest absolute Gasteiger partial charge is 0.457 e. The molecule has 2 heterocycles. The number of anilines is 3. The van der Waals surface area contributed by atoms with Gasteiger partial charge in [0.05, 0.1) is 16.5 Å². The third kappa shape index (κ3) is 6.20. The number of benzene rings is 12. The van der Waals surface area contributed by atoms with Crippen molar-refractivity contribution in [3.63, 3.8) is 0 Å². The van der Waals surface area contributed by atoms with Gasteiger partial charge < -0.3 is 14.4 Å². The van der Waals surface area contributed by atoms with Crippen LogP contribution < -0.4 is 14.4 Å². The van der Waals surface area contributed by atoms with Crippen LogP contribution in [0, 0.1) is 0 Å². The van der Waals surface area contributed by atoms with Crippen molar-refractivity contribution < 1.29 is 9.47 Å². The van der Waals surface area contributed by atoms with Crippen LogP contribution in [0.2, 0.25) is 0 Å². The molecule has 0 bridgehead atoms. The molecule has 2 aliphatic heterocycles. The van der Waals surface area contributed by atoms with Crippen LogP contribution in [0.1, 0.15) is 44.5 Å². The molecule has 12 aromatic carbocycles. The standard InChI is InChI=1S/C74H47NO2/c1-3-20-48(21-4-1)51-44-52(49-22-5-2-6-23-49)46-53(45-51)50-38-40-54(41-39-50)75(55-42-43-57-56-24-7-9-26-59(56)74(66(57)47-55)63-30-13-17-36-70(63)77-71-37-18-14-31-64(71)74)67-33-19-32-65-72(67)58-25-8-10-27-60(58)73(65)61-28-11-15-34-68(61)76-69-35-16-12-29-62(69)73/h1-47H. The molecule has 2 aliphatic carbocycles. The van der Waals surface area contributed by atoms with Gasteiger partial charge in [0, 0.05) is 39.2 Å². The molecule has 0 atom stereocenters. The maximum absolute atomic E-state index is 6.79. The maximum Gasteiger partial charge on any atom is 0.132 e. The van der Waals surface area contributed by atoms with Crippen molar-refractivity contribution >= 4 is 17.1 Å². The highest BCUT2D eigenvalue weighted by atomic mass is 16.5. The predicted molar refractivity (Wildman–Crippen MR) is 312 cm³/mol. The van der Waals surface area contributed by atoms with Gasteiger partial charge in [0.1, 0.15) is 23.0 Å². The minimum absolute atomic E-state index is 0.637. The van der Waals surface area contributed by atoms with Crippen molar-refractivity contribution in [3.8, 4) is 78.6 Å². The Balaban J connectivity index is 0.954. The Labute approximate surface area is 448 Å². The lowest BCUT2D eigenvalue weighted by Gasteiger charge is -2.40. The molecule has 3 heteroatoms. The minimum atomic E-state index is -0.645. The number of hydrogen-bond donors (Lipinski definition) is 0. The second-order valence-corrected chi connectivity index (χ2v) is 20.6. The number of hydrogen-bond acceptors (Lipinski definition) is 3. The lowest BCUT2D eigenvalue weighted by Crippen LogP contribution is -2.32. The Bertz CT molecular complexity index is 4200. The number of nitrogens with zero attached hydrogens (tertiary/aromatic N) is 1. The first-order valence-corrected chi connectivity index (χ1v) is 26.6. The molecule has 16 rings (SSSR count). The Morgan fingerprint density at radius 2 is 0.610 bits per heavy atom. The Morgan fingerprint density at radius 3 is 1.13 bits per heavy atom. The summed E-state index contributed by atoms with van der Waals surface area (Å²) in [7, 11) is 0. The third-order valence-electron chi connectivity index (χ3n) is 16.8. The van der Waals surface area contributed by atoms with Crippen LogP contribution in [-0.2, 0) is 10.8 Å². The molecule has 360 valence electrons. The molecule has 4 aliphatic rings. The monoisotopic (exact) mass is 981 g/mol. The average molecular weight is 982 g/mol. The number of rotatable bonds is 6. The van der Waals surface area contributed by atoms with Gasteiger partial charge in [-0.25, -0.2) is 0 Å². The normalized spacial score (nSPS) is 13.9. The SMILES string of the molecule is c1ccc(-c2cc(-c3ccccc3)cc(-c3ccc(N(c4ccc5c(c4)C4(c6ccccc6Oc6ccccc64)c4ccccc4-5)c4cccc5c4-c4ccccc4C54c5ccccc5Oc5ccccc54)cc3)c2)cc1. The molecule has 12 aromatic rings. The van der Waals surface area contributed by atoms with E-state index in [9.17, 15) is 0 Å². The van der Waals surface area contributed by atoms with Gasteiger partial charge in [-0.1, -0.05) is 212 Å². The van der Waals surface area contributed by atoms with E-state index in [4.69, 9.17) is 9.47 Å². The quantitative estimate of drug-likeness (QED) is 0.166. The van der Waals surface area contributed by atoms with E-state index < -0.39 is 10.8 Å². The topological polar surface area (TPSA) is 21.7 Å². The maximum atomic E-state index is 6.79. The number of para-hydroxylation sites is 4. The summed E-state index contributed by atoms with van der Waals surface area (Å²) in [5.74, 6) is 3.49. The molecule has 0 saturated carbocycles. The number of fused-ring (bicyclic) bond motifs is 18. The molecule has 0 unspecified atom stereocenters. The van der Waals surface area contributed by atoms with Crippen molar-refractivity contribution in [2.45, 2.75) is 10.8 Å². The molecule has 0 radical (unpaired) electrons. The van der Waals surface area contributed by atoms with Crippen molar-refractivity contribution in [1.29, 1.82) is 0 Å². The smallest absolute Gasteiger partial charge is 0.132 e. The molecule has 3 nitrogen and oxygen atoms in total. The summed E-state index contributed by atoms with van der Waals surface area (Å²) in [6, 6.07) is 104. The molecule has 0 amide bonds. The molecule has 2 spiro atoms. The average Bonchev–Trinajstić information content (AvgIpc) is 4.19. The van der Waals surface area contributed by atoms with E-state index in [1.807, 2.05) is 0 Å². The summed E-state index contributed by atoms with van der Waals surface area (Å²) in [6.45, 7) is 0. The highest BCUT2D eigenvalue weighted by Crippen LogP contribution is 2.66. The first kappa shape index (κ1) is 43.4. The minimum Gasteiger partial charge on any atom is -0.457 e. The summed E-state index contributed by atoms with van der Waals surface area (Å²) >= 11 is 0. The Hall–Kier alpha value is -9.96. The first-order chi connectivity index (χ1) is 38.2. The first-order valence-electron chi connectivity index (χ1n) is 26.6. The number of ether oxygens (including phenoxy) is 2. The molecule has 0 fully saturated rings. The fourth-order valence-corrected chi connectivity index (χ4v) is 13.7. The van der Waals surface area contributed by atoms with Crippen LogP contribution in [-0.4, -0.2) is 0 Å². The molecule has 0 N–H and O–H groups in total. The molecular formula is C74H47NO2. The summed E-state index contributed by atoms with van der Waals surface area (Å²) in [4.78, 5) is 2.51. The van der Waals surface area contributed by atoms with Crippen LogP contribution in [0.15, 0.2) is 285 Å². The molecule has 77 heavy (non-hydrogen) atoms. The van der Waals surface area contributed by atoms with Gasteiger partial charge in [-0.3, -0.25) is 0 Å². The molecule has 0 aromatic heterocycles. The second-order valence-electron chi connectivity index (χ2n) is 20.6. The summed E-state index contributed by atoms with van der Waals surface area (Å²) < 4.78 is 13.6. The van der Waals surface area contributed by atoms with Crippen LogP contribution in [0.25, 0.3) is 55.6 Å². The second kappa shape index (κ2) is 16.8. The van der Waals surface area contributed by atoms with Gasteiger partial charge in [-0.15, -0.1) is 0 Å². The summed E-state index contributed by atoms with van der Waals surface area (Å²) in [6.07, 6.45) is 0. The highest BCUT2D eigenvalue weighted by molar-refractivity contribution is 6.00. The summed E-state index contributed by atoms with van der Waals surface area (Å²) in [5, 5.41) is 0. The van der Waals surface area contributed by atoms with E-state index in [1.54, 1.807) is 0 Å². The van der Waals surface area contributed by atoms with Crippen LogP contribution >= 0.6 is 0 Å². The molecule has 0 saturated heterocycles. The van der Waals surface area contributed by atoms with Crippen molar-refractivity contribution in [2.75, 3.05) is 4.90 Å². The van der Waals surface area contributed by atoms with Crippen molar-refractivity contribution in [3.05, 3.63) is 330 Å². The van der Waals surface area contributed by atoms with E-state index >= 15 is 0 Å². The Kier molecular flexibility index (Phi) is 9.47. The lowest BCUT2D eigenvalue weighted by molar-refractivity contribution is 0.436. The third-order valence-corrected chi connectivity index (χ3v) is 16.8. The van der Waals surface area contributed by atoms with Crippen LogP contribution in [0.5, 0.6) is 23.0 Å². The molecular weight excluding hydrogens is 935 g/mol. The summed E-state index contributed by atoms with van der Waals surface area (Å²) in [5.41, 5.74) is 23.3. The fraction of sp³-hybridized carbons (Fsp3) is 0.0270. The van der Waals surface area contributed by atoms with E-state index in [0.717, 1.165) is 73.4 Å². The van der Waals surface area contributed by atoms with Crippen molar-refractivity contribution in [2.24, 2.45) is 0 Å². The zero-order valence-electron chi connectivity index (χ0n) is 41.9. The van der Waals surface area contributed by atoms with Gasteiger partial charge in [0.25, 0.3) is 0 Å². The lowest BCUT2D eigenvalue weighted by atomic mass is 9.66. The zero-order chi connectivity index (χ0) is 50.7. The van der Waals surface area contributed by atoms with Crippen LogP contribution in [0.4, 0.5) is 17.1 Å². The van der Waals surface area contributed by atoms with E-state index in [0.29, 0.717) is 0 Å². The predicted octanol–water partition coefficient (Wildman–Crippen LogP) is 19.1. The van der Waals surface area contributed by atoms with Gasteiger partial charge in [-0.05, 0) is 145 Å². The van der Waals surface area contributed by atoms with Crippen molar-refractivity contribution in [1.82, 2.24) is 0 Å². The van der Waals surface area contributed by atoms with E-state index in [1.165, 1.54) is 66.8 Å². The van der Waals surface area contributed by atoms with E-state index in [2.05, 4.69) is 290 Å². The van der Waals surface area contributed by atoms with E-state index in [-0.39, 0.29) is 0 Å². The van der Waals surface area contributed by atoms with Crippen LogP contribution in [0.3, 0.4) is 0 Å². The van der Waals surface area contributed by atoms with Gasteiger partial charge >= 0.3 is 0 Å². The zero-order valence-corrected chi connectivity index (χ0v) is 41.9. The Morgan fingerprint density at radius 1 is 0.234 bits per heavy atom. The fourth-order valence-electron chi connectivity index (χ4n) is 13.7. The van der Waals surface area contributed by atoms with Gasteiger partial charge in [0.15, 0.2) is 0 Å². The van der Waals surface area contributed by atoms with Gasteiger partial charge in [-0.2, -0.15) is 0 Å². The van der Waals surface area contributed by atoms with Gasteiger partial charge in [0.2, 0.25) is 0 Å². The highest BCUT2D eigenvalue weighted by Gasteiger charge is 2.53.